The lowest BCUT2D eigenvalue weighted by Crippen LogP contribution is -2.11. The van der Waals surface area contributed by atoms with E-state index in [-0.39, 0.29) is 23.0 Å². The monoisotopic (exact) mass is 249 g/mol. The van der Waals surface area contributed by atoms with Gasteiger partial charge in [-0.2, -0.15) is 11.3 Å². The molecule has 2 N–H and O–H groups in total. The summed E-state index contributed by atoms with van der Waals surface area (Å²) in [5.41, 5.74) is 0.901. The van der Waals surface area contributed by atoms with Crippen LogP contribution in [-0.2, 0) is 0 Å². The zero-order chi connectivity index (χ0) is 12.3. The molecule has 0 aliphatic heterocycles. The molecule has 0 aliphatic carbocycles. The van der Waals surface area contributed by atoms with E-state index in [1.54, 1.807) is 24.3 Å². The number of anilines is 1. The van der Waals surface area contributed by atoms with Gasteiger partial charge < -0.3 is 15.2 Å². The van der Waals surface area contributed by atoms with Gasteiger partial charge in [-0.15, -0.1) is 0 Å². The zero-order valence-corrected chi connectivity index (χ0v) is 9.95. The summed E-state index contributed by atoms with van der Waals surface area (Å²) in [6.45, 7) is 0. The Hall–Kier alpha value is -2.01. The summed E-state index contributed by atoms with van der Waals surface area (Å²) in [5.74, 6) is -0.231. The number of benzene rings is 1. The molecule has 0 saturated carbocycles. The van der Waals surface area contributed by atoms with Crippen LogP contribution >= 0.6 is 11.3 Å². The number of methoxy groups -OCH3 is 1. The summed E-state index contributed by atoms with van der Waals surface area (Å²) < 4.78 is 4.94. The quantitative estimate of drug-likeness (QED) is 0.879. The molecule has 0 bridgehead atoms. The second-order valence-corrected chi connectivity index (χ2v) is 4.10. The van der Waals surface area contributed by atoms with Gasteiger partial charge in [0.1, 0.15) is 0 Å². The first kappa shape index (κ1) is 11.5. The number of rotatable bonds is 3. The van der Waals surface area contributed by atoms with Crippen LogP contribution in [0.3, 0.4) is 0 Å². The first-order chi connectivity index (χ1) is 8.22. The van der Waals surface area contributed by atoms with E-state index in [0.29, 0.717) is 5.69 Å². The average Bonchev–Trinajstić information content (AvgIpc) is 2.82. The van der Waals surface area contributed by atoms with E-state index in [2.05, 4.69) is 5.32 Å². The van der Waals surface area contributed by atoms with Gasteiger partial charge in [0.2, 0.25) is 0 Å². The fourth-order valence-corrected chi connectivity index (χ4v) is 1.99. The third-order valence-corrected chi connectivity index (χ3v) is 2.93. The molecule has 0 aliphatic rings. The van der Waals surface area contributed by atoms with E-state index in [9.17, 15) is 9.90 Å². The molecular formula is C12H11NO3S. The second-order valence-electron chi connectivity index (χ2n) is 3.32. The highest BCUT2D eigenvalue weighted by Gasteiger charge is 2.14. The Labute approximate surface area is 102 Å². The van der Waals surface area contributed by atoms with E-state index >= 15 is 0 Å². The van der Waals surface area contributed by atoms with Crippen LogP contribution in [0.1, 0.15) is 10.4 Å². The number of nitrogens with one attached hydrogen (secondary N) is 1. The molecule has 0 saturated heterocycles. The molecule has 0 spiro atoms. The van der Waals surface area contributed by atoms with E-state index in [4.69, 9.17) is 4.74 Å². The minimum absolute atomic E-state index is 0.150. The lowest BCUT2D eigenvalue weighted by Gasteiger charge is -2.08. The van der Waals surface area contributed by atoms with Gasteiger partial charge in [0.05, 0.1) is 18.4 Å². The topological polar surface area (TPSA) is 58.6 Å². The maximum absolute atomic E-state index is 11.9. The Morgan fingerprint density at radius 2 is 2.24 bits per heavy atom. The molecule has 88 valence electrons. The van der Waals surface area contributed by atoms with E-state index in [1.165, 1.54) is 18.4 Å². The van der Waals surface area contributed by atoms with E-state index in [0.717, 1.165) is 0 Å². The number of carbonyl (C=O) groups is 1. The van der Waals surface area contributed by atoms with Gasteiger partial charge in [-0.25, -0.2) is 0 Å². The van der Waals surface area contributed by atoms with Crippen molar-refractivity contribution in [1.82, 2.24) is 0 Å². The molecule has 0 fully saturated rings. The van der Waals surface area contributed by atoms with Crippen molar-refractivity contribution in [2.75, 3.05) is 12.4 Å². The molecule has 4 nitrogen and oxygen atoms in total. The van der Waals surface area contributed by atoms with Gasteiger partial charge in [-0.05, 0) is 23.6 Å². The lowest BCUT2D eigenvalue weighted by atomic mass is 10.1. The minimum Gasteiger partial charge on any atom is -0.504 e. The Balaban J connectivity index is 2.25. The van der Waals surface area contributed by atoms with Crippen molar-refractivity contribution in [2.24, 2.45) is 0 Å². The Kier molecular flexibility index (Phi) is 3.30. The average molecular weight is 249 g/mol. The van der Waals surface area contributed by atoms with Gasteiger partial charge in [-0.3, -0.25) is 4.79 Å². The van der Waals surface area contributed by atoms with Gasteiger partial charge in [-0.1, -0.05) is 6.07 Å². The fraction of sp³-hybridized carbons (Fsp3) is 0.0833. The van der Waals surface area contributed by atoms with Crippen molar-refractivity contribution in [3.05, 3.63) is 40.6 Å². The third kappa shape index (κ3) is 2.39. The maximum Gasteiger partial charge on any atom is 0.259 e. The molecule has 1 aromatic carbocycles. The number of ether oxygens (including phenoxy) is 1. The van der Waals surface area contributed by atoms with Crippen molar-refractivity contribution in [2.45, 2.75) is 0 Å². The van der Waals surface area contributed by atoms with Gasteiger partial charge in [0.25, 0.3) is 5.91 Å². The summed E-state index contributed by atoms with van der Waals surface area (Å²) in [4.78, 5) is 11.9. The highest BCUT2D eigenvalue weighted by atomic mass is 32.1. The van der Waals surface area contributed by atoms with Crippen molar-refractivity contribution >= 4 is 22.9 Å². The summed E-state index contributed by atoms with van der Waals surface area (Å²) in [5, 5.41) is 16.2. The fourth-order valence-electron chi connectivity index (χ4n) is 1.40. The van der Waals surface area contributed by atoms with Crippen LogP contribution < -0.4 is 10.1 Å². The number of para-hydroxylation sites is 1. The highest BCUT2D eigenvalue weighted by Crippen LogP contribution is 2.29. The maximum atomic E-state index is 11.9. The predicted octanol–water partition coefficient (Wildman–Crippen LogP) is 2.71. The number of carbonyl (C=O) groups excluding carboxylic acids is 1. The lowest BCUT2D eigenvalue weighted by molar-refractivity contribution is 0.102. The van der Waals surface area contributed by atoms with Gasteiger partial charge in [0.15, 0.2) is 11.5 Å². The first-order valence-corrected chi connectivity index (χ1v) is 5.86. The Morgan fingerprint density at radius 3 is 2.88 bits per heavy atom. The summed E-state index contributed by atoms with van der Waals surface area (Å²) in [7, 11) is 1.44. The van der Waals surface area contributed by atoms with Crippen molar-refractivity contribution in [3.63, 3.8) is 0 Å². The molecule has 2 aromatic rings. The summed E-state index contributed by atoms with van der Waals surface area (Å²) in [6.07, 6.45) is 0. The number of phenolic OH excluding ortho intramolecular Hbond substituents is 1. The van der Waals surface area contributed by atoms with Crippen LogP contribution in [-0.4, -0.2) is 18.1 Å². The van der Waals surface area contributed by atoms with Gasteiger partial charge >= 0.3 is 0 Å². The van der Waals surface area contributed by atoms with E-state index in [1.807, 2.05) is 10.8 Å². The predicted molar refractivity (Wildman–Crippen MR) is 66.9 cm³/mol. The number of amides is 1. The molecule has 17 heavy (non-hydrogen) atoms. The third-order valence-electron chi connectivity index (χ3n) is 2.24. The van der Waals surface area contributed by atoms with Crippen LogP contribution in [0.15, 0.2) is 35.0 Å². The molecule has 1 aromatic heterocycles. The molecule has 0 unspecified atom stereocenters. The normalized spacial score (nSPS) is 9.94. The molecule has 0 atom stereocenters. The van der Waals surface area contributed by atoms with Crippen molar-refractivity contribution in [3.8, 4) is 11.5 Å². The number of hydrogen-bond acceptors (Lipinski definition) is 4. The molecule has 1 amide bonds. The summed E-state index contributed by atoms with van der Waals surface area (Å²) >= 11 is 1.49. The van der Waals surface area contributed by atoms with Crippen LogP contribution in [0.5, 0.6) is 11.5 Å². The standard InChI is InChI=1S/C12H11NO3S/c1-16-10-4-2-3-9(11(10)14)12(15)13-8-5-6-17-7-8/h2-7,14H,1H3,(H,13,15). The highest BCUT2D eigenvalue weighted by molar-refractivity contribution is 7.08. The number of hydrogen-bond donors (Lipinski definition) is 2. The molecule has 2 rings (SSSR count). The SMILES string of the molecule is COc1cccc(C(=O)Nc2ccsc2)c1O. The molecule has 5 heteroatoms. The minimum atomic E-state index is -0.361. The first-order valence-electron chi connectivity index (χ1n) is 4.92. The summed E-state index contributed by atoms with van der Waals surface area (Å²) in [6, 6.07) is 6.58. The second kappa shape index (κ2) is 4.88. The largest absolute Gasteiger partial charge is 0.504 e. The number of aromatic hydroxyl groups is 1. The molecule has 1 heterocycles. The van der Waals surface area contributed by atoms with Crippen LogP contribution in [0.4, 0.5) is 5.69 Å². The Morgan fingerprint density at radius 1 is 1.41 bits per heavy atom. The van der Waals surface area contributed by atoms with Crippen LogP contribution in [0.2, 0.25) is 0 Å². The van der Waals surface area contributed by atoms with Crippen LogP contribution in [0, 0.1) is 0 Å². The van der Waals surface area contributed by atoms with Crippen LogP contribution in [0.25, 0.3) is 0 Å². The smallest absolute Gasteiger partial charge is 0.259 e. The van der Waals surface area contributed by atoms with Gasteiger partial charge in [0, 0.05) is 5.38 Å². The number of thiophene rings is 1. The van der Waals surface area contributed by atoms with Crippen molar-refractivity contribution in [1.29, 1.82) is 0 Å². The Bertz CT molecular complexity index is 523. The number of phenols is 1. The molecular weight excluding hydrogens is 238 g/mol. The molecule has 0 radical (unpaired) electrons. The van der Waals surface area contributed by atoms with E-state index < -0.39 is 0 Å². The van der Waals surface area contributed by atoms with Crippen molar-refractivity contribution < 1.29 is 14.6 Å². The zero-order valence-electron chi connectivity index (χ0n) is 9.14.